The fraction of sp³-hybridized carbons (Fsp3) is 0.462. The van der Waals surface area contributed by atoms with Crippen LogP contribution >= 0.6 is 0 Å². The van der Waals surface area contributed by atoms with Gasteiger partial charge in [0, 0.05) is 26.1 Å². The number of carboxylic acids is 1. The van der Waals surface area contributed by atoms with Crippen LogP contribution in [-0.4, -0.2) is 59.7 Å². The van der Waals surface area contributed by atoms with E-state index >= 15 is 0 Å². The average molecular weight is 279 g/mol. The van der Waals surface area contributed by atoms with Gasteiger partial charge in [-0.2, -0.15) is 0 Å². The van der Waals surface area contributed by atoms with Crippen LogP contribution in [0, 0.1) is 0 Å². The molecule has 0 radical (unpaired) electrons. The topological polar surface area (TPSA) is 91.8 Å². The monoisotopic (exact) mass is 279 g/mol. The Balaban J connectivity index is 1.79. The SMILES string of the molecule is O=C(O)c1cccc(NCCC(=O)N2CCOCC2)n1. The maximum absolute atomic E-state index is 11.9. The van der Waals surface area contributed by atoms with Gasteiger partial charge in [-0.15, -0.1) is 0 Å². The molecule has 20 heavy (non-hydrogen) atoms. The molecule has 1 aromatic rings. The molecule has 2 heterocycles. The summed E-state index contributed by atoms with van der Waals surface area (Å²) < 4.78 is 5.18. The number of amides is 1. The Morgan fingerprint density at radius 2 is 2.10 bits per heavy atom. The van der Waals surface area contributed by atoms with Crippen LogP contribution in [0.2, 0.25) is 0 Å². The molecule has 108 valence electrons. The molecule has 1 fully saturated rings. The van der Waals surface area contributed by atoms with Crippen LogP contribution in [0.3, 0.4) is 0 Å². The number of ether oxygens (including phenoxy) is 1. The van der Waals surface area contributed by atoms with Gasteiger partial charge in [-0.05, 0) is 12.1 Å². The number of aromatic carboxylic acids is 1. The number of morpholine rings is 1. The Morgan fingerprint density at radius 1 is 1.35 bits per heavy atom. The van der Waals surface area contributed by atoms with Gasteiger partial charge >= 0.3 is 5.97 Å². The first-order valence-corrected chi connectivity index (χ1v) is 6.46. The van der Waals surface area contributed by atoms with E-state index in [-0.39, 0.29) is 11.6 Å². The number of aromatic nitrogens is 1. The summed E-state index contributed by atoms with van der Waals surface area (Å²) in [4.78, 5) is 28.4. The molecule has 0 aliphatic carbocycles. The van der Waals surface area contributed by atoms with Crippen molar-refractivity contribution in [2.24, 2.45) is 0 Å². The highest BCUT2D eigenvalue weighted by atomic mass is 16.5. The van der Waals surface area contributed by atoms with E-state index in [0.717, 1.165) is 0 Å². The molecular weight excluding hydrogens is 262 g/mol. The quantitative estimate of drug-likeness (QED) is 0.812. The van der Waals surface area contributed by atoms with Crippen molar-refractivity contribution in [1.82, 2.24) is 9.88 Å². The van der Waals surface area contributed by atoms with Gasteiger partial charge in [-0.1, -0.05) is 6.07 Å². The molecule has 7 heteroatoms. The maximum Gasteiger partial charge on any atom is 0.354 e. The third kappa shape index (κ3) is 3.92. The standard InChI is InChI=1S/C13H17N3O4/c17-12(16-6-8-20-9-7-16)4-5-14-11-3-1-2-10(15-11)13(18)19/h1-3H,4-9H2,(H,14,15)(H,18,19). The number of rotatable bonds is 5. The fourth-order valence-electron chi connectivity index (χ4n) is 1.92. The number of pyridine rings is 1. The molecule has 0 spiro atoms. The van der Waals surface area contributed by atoms with Crippen molar-refractivity contribution >= 4 is 17.7 Å². The summed E-state index contributed by atoms with van der Waals surface area (Å²) in [6, 6.07) is 4.71. The van der Waals surface area contributed by atoms with Crippen LogP contribution in [0.5, 0.6) is 0 Å². The summed E-state index contributed by atoms with van der Waals surface area (Å²) >= 11 is 0. The zero-order valence-electron chi connectivity index (χ0n) is 11.0. The van der Waals surface area contributed by atoms with Gasteiger partial charge in [0.1, 0.15) is 5.82 Å². The minimum absolute atomic E-state index is 0.0190. The largest absolute Gasteiger partial charge is 0.477 e. The third-order valence-corrected chi connectivity index (χ3v) is 2.98. The molecular formula is C13H17N3O4. The normalized spacial score (nSPS) is 14.9. The van der Waals surface area contributed by atoms with Gasteiger partial charge in [0.05, 0.1) is 13.2 Å². The van der Waals surface area contributed by atoms with Crippen molar-refractivity contribution in [3.8, 4) is 0 Å². The van der Waals surface area contributed by atoms with Crippen molar-refractivity contribution in [3.05, 3.63) is 23.9 Å². The summed E-state index contributed by atoms with van der Waals surface area (Å²) in [6.45, 7) is 2.85. The first-order chi connectivity index (χ1) is 9.66. The summed E-state index contributed by atoms with van der Waals surface area (Å²) in [7, 11) is 0. The zero-order chi connectivity index (χ0) is 14.4. The number of carbonyl (C=O) groups excluding carboxylic acids is 1. The van der Waals surface area contributed by atoms with E-state index in [2.05, 4.69) is 10.3 Å². The van der Waals surface area contributed by atoms with Crippen LogP contribution in [0.25, 0.3) is 0 Å². The first-order valence-electron chi connectivity index (χ1n) is 6.46. The molecule has 0 atom stereocenters. The van der Waals surface area contributed by atoms with Crippen LogP contribution in [0.15, 0.2) is 18.2 Å². The lowest BCUT2D eigenvalue weighted by molar-refractivity contribution is -0.134. The van der Waals surface area contributed by atoms with E-state index in [1.807, 2.05) is 0 Å². The summed E-state index contributed by atoms with van der Waals surface area (Å²) in [5.41, 5.74) is -0.0190. The van der Waals surface area contributed by atoms with Crippen molar-refractivity contribution in [2.45, 2.75) is 6.42 Å². The second kappa shape index (κ2) is 6.85. The zero-order valence-corrected chi connectivity index (χ0v) is 11.0. The first kappa shape index (κ1) is 14.3. The van der Waals surface area contributed by atoms with E-state index < -0.39 is 5.97 Å². The second-order valence-corrected chi connectivity index (χ2v) is 4.38. The van der Waals surface area contributed by atoms with Crippen LogP contribution < -0.4 is 5.32 Å². The van der Waals surface area contributed by atoms with Gasteiger partial charge in [0.2, 0.25) is 5.91 Å². The van der Waals surface area contributed by atoms with Gasteiger partial charge in [-0.3, -0.25) is 4.79 Å². The molecule has 2 N–H and O–H groups in total. The second-order valence-electron chi connectivity index (χ2n) is 4.38. The minimum atomic E-state index is -1.07. The van der Waals surface area contributed by atoms with E-state index in [1.54, 1.807) is 17.0 Å². The minimum Gasteiger partial charge on any atom is -0.477 e. The summed E-state index contributed by atoms with van der Waals surface area (Å²) in [5.74, 6) is -0.548. The van der Waals surface area contributed by atoms with Crippen molar-refractivity contribution < 1.29 is 19.4 Å². The molecule has 1 aliphatic rings. The van der Waals surface area contributed by atoms with Gasteiger partial charge in [0.25, 0.3) is 0 Å². The van der Waals surface area contributed by atoms with E-state index in [4.69, 9.17) is 9.84 Å². The van der Waals surface area contributed by atoms with Crippen molar-refractivity contribution in [2.75, 3.05) is 38.2 Å². The maximum atomic E-state index is 11.9. The number of hydrogen-bond donors (Lipinski definition) is 2. The lowest BCUT2D eigenvalue weighted by atomic mass is 10.3. The molecule has 7 nitrogen and oxygen atoms in total. The predicted octanol–water partition coefficient (Wildman–Crippen LogP) is 0.441. The van der Waals surface area contributed by atoms with Crippen LogP contribution in [0.1, 0.15) is 16.9 Å². The summed E-state index contributed by atoms with van der Waals surface area (Å²) in [6.07, 6.45) is 0.346. The number of carbonyl (C=O) groups is 2. The van der Waals surface area contributed by atoms with E-state index in [0.29, 0.717) is 45.1 Å². The predicted molar refractivity (Wildman–Crippen MR) is 71.7 cm³/mol. The fourth-order valence-corrected chi connectivity index (χ4v) is 1.92. The van der Waals surface area contributed by atoms with Crippen molar-refractivity contribution in [1.29, 1.82) is 0 Å². The molecule has 0 aromatic carbocycles. The molecule has 0 bridgehead atoms. The Hall–Kier alpha value is -2.15. The molecule has 0 unspecified atom stereocenters. The highest BCUT2D eigenvalue weighted by molar-refractivity contribution is 5.85. The summed E-state index contributed by atoms with van der Waals surface area (Å²) in [5, 5.41) is 11.8. The number of hydrogen-bond acceptors (Lipinski definition) is 5. The number of anilines is 1. The van der Waals surface area contributed by atoms with Crippen molar-refractivity contribution in [3.63, 3.8) is 0 Å². The molecule has 1 aliphatic heterocycles. The molecule has 1 saturated heterocycles. The Labute approximate surface area is 116 Å². The van der Waals surface area contributed by atoms with E-state index in [1.165, 1.54) is 6.07 Å². The number of nitrogens with zero attached hydrogens (tertiary/aromatic N) is 2. The molecule has 0 saturated carbocycles. The molecule has 1 amide bonds. The Kier molecular flexibility index (Phi) is 4.89. The van der Waals surface area contributed by atoms with Gasteiger partial charge in [0.15, 0.2) is 5.69 Å². The third-order valence-electron chi connectivity index (χ3n) is 2.98. The Bertz CT molecular complexity index is 486. The van der Waals surface area contributed by atoms with Crippen LogP contribution in [0.4, 0.5) is 5.82 Å². The molecule has 2 rings (SSSR count). The lowest BCUT2D eigenvalue weighted by Gasteiger charge is -2.26. The highest BCUT2D eigenvalue weighted by Crippen LogP contribution is 2.06. The smallest absolute Gasteiger partial charge is 0.354 e. The number of carboxylic acid groups (broad SMARTS) is 1. The van der Waals surface area contributed by atoms with Crippen LogP contribution in [-0.2, 0) is 9.53 Å². The van der Waals surface area contributed by atoms with Gasteiger partial charge in [-0.25, -0.2) is 9.78 Å². The van der Waals surface area contributed by atoms with Gasteiger partial charge < -0.3 is 20.1 Å². The average Bonchev–Trinajstić information content (AvgIpc) is 2.48. The molecule has 1 aromatic heterocycles. The van der Waals surface area contributed by atoms with E-state index in [9.17, 15) is 9.59 Å². The highest BCUT2D eigenvalue weighted by Gasteiger charge is 2.16. The lowest BCUT2D eigenvalue weighted by Crippen LogP contribution is -2.41. The Morgan fingerprint density at radius 3 is 2.80 bits per heavy atom. The number of nitrogens with one attached hydrogen (secondary N) is 1.